The second kappa shape index (κ2) is 6.00. The maximum absolute atomic E-state index is 12.3. The van der Waals surface area contributed by atoms with Crippen molar-refractivity contribution in [3.05, 3.63) is 71.3 Å². The number of fused-ring (bicyclic) bond motifs is 1. The second-order valence-electron chi connectivity index (χ2n) is 5.49. The van der Waals surface area contributed by atoms with Gasteiger partial charge in [-0.15, -0.1) is 0 Å². The van der Waals surface area contributed by atoms with Crippen LogP contribution in [0.5, 0.6) is 0 Å². The average molecular weight is 281 g/mol. The minimum absolute atomic E-state index is 0.170. The van der Waals surface area contributed by atoms with E-state index >= 15 is 0 Å². The van der Waals surface area contributed by atoms with Gasteiger partial charge in [0.2, 0.25) is 0 Å². The highest BCUT2D eigenvalue weighted by molar-refractivity contribution is 5.68. The van der Waals surface area contributed by atoms with Gasteiger partial charge in [-0.2, -0.15) is 0 Å². The van der Waals surface area contributed by atoms with Crippen molar-refractivity contribution in [2.45, 2.75) is 32.5 Å². The fraction of sp³-hybridized carbons (Fsp3) is 0.278. The number of carbonyl (C=O) groups excluding carboxylic acids is 1. The van der Waals surface area contributed by atoms with Crippen LogP contribution in [0, 0.1) is 0 Å². The maximum atomic E-state index is 12.3. The lowest BCUT2D eigenvalue weighted by atomic mass is 9.95. The summed E-state index contributed by atoms with van der Waals surface area (Å²) in [6.07, 6.45) is 0.650. The third kappa shape index (κ3) is 3.07. The first-order valence-electron chi connectivity index (χ1n) is 7.28. The molecule has 1 aliphatic rings. The van der Waals surface area contributed by atoms with Crippen LogP contribution in [0.25, 0.3) is 0 Å². The molecule has 1 heterocycles. The smallest absolute Gasteiger partial charge is 0.410 e. The molecule has 1 aliphatic heterocycles. The molecule has 0 fully saturated rings. The topological polar surface area (TPSA) is 29.5 Å². The molecule has 3 rings (SSSR count). The highest BCUT2D eigenvalue weighted by atomic mass is 16.6. The lowest BCUT2D eigenvalue weighted by Crippen LogP contribution is -2.42. The molecule has 21 heavy (non-hydrogen) atoms. The predicted octanol–water partition coefficient (Wildman–Crippen LogP) is 3.77. The second-order valence-corrected chi connectivity index (χ2v) is 5.49. The van der Waals surface area contributed by atoms with Crippen LogP contribution >= 0.6 is 0 Å². The maximum Gasteiger partial charge on any atom is 0.410 e. The summed E-state index contributed by atoms with van der Waals surface area (Å²) in [5.41, 5.74) is 3.56. The monoisotopic (exact) mass is 281 g/mol. The zero-order chi connectivity index (χ0) is 14.7. The fourth-order valence-electron chi connectivity index (χ4n) is 2.73. The van der Waals surface area contributed by atoms with Gasteiger partial charge >= 0.3 is 6.09 Å². The minimum atomic E-state index is -0.235. The summed E-state index contributed by atoms with van der Waals surface area (Å²) in [5, 5.41) is 0. The molecule has 3 heteroatoms. The summed E-state index contributed by atoms with van der Waals surface area (Å²) in [4.78, 5) is 14.1. The van der Waals surface area contributed by atoms with Gasteiger partial charge in [-0.05, 0) is 30.0 Å². The van der Waals surface area contributed by atoms with E-state index in [4.69, 9.17) is 4.74 Å². The van der Waals surface area contributed by atoms with Crippen molar-refractivity contribution in [1.29, 1.82) is 0 Å². The molecule has 0 aliphatic carbocycles. The quantitative estimate of drug-likeness (QED) is 0.838. The molecule has 1 amide bonds. The van der Waals surface area contributed by atoms with Crippen LogP contribution in [0.3, 0.4) is 0 Å². The summed E-state index contributed by atoms with van der Waals surface area (Å²) in [7, 11) is 0. The summed E-state index contributed by atoms with van der Waals surface area (Å²) < 4.78 is 5.44. The Kier molecular flexibility index (Phi) is 3.91. The molecular weight excluding hydrogens is 262 g/mol. The van der Waals surface area contributed by atoms with Crippen LogP contribution in [-0.4, -0.2) is 17.0 Å². The summed E-state index contributed by atoms with van der Waals surface area (Å²) >= 11 is 0. The van der Waals surface area contributed by atoms with Crippen molar-refractivity contribution in [3.8, 4) is 0 Å². The Hall–Kier alpha value is -2.29. The molecule has 0 saturated heterocycles. The van der Waals surface area contributed by atoms with E-state index in [-0.39, 0.29) is 12.1 Å². The molecule has 0 saturated carbocycles. The molecule has 3 nitrogen and oxygen atoms in total. The van der Waals surface area contributed by atoms with Crippen LogP contribution in [-0.2, 0) is 24.3 Å². The molecule has 0 unspecified atom stereocenters. The number of hydrogen-bond acceptors (Lipinski definition) is 2. The van der Waals surface area contributed by atoms with Gasteiger partial charge < -0.3 is 9.64 Å². The first-order valence-corrected chi connectivity index (χ1v) is 7.28. The Morgan fingerprint density at radius 1 is 1.10 bits per heavy atom. The van der Waals surface area contributed by atoms with Crippen molar-refractivity contribution in [1.82, 2.24) is 4.90 Å². The molecular formula is C18H19NO2. The molecule has 108 valence electrons. The normalized spacial score (nSPS) is 17.2. The van der Waals surface area contributed by atoms with Crippen molar-refractivity contribution in [2.75, 3.05) is 0 Å². The molecule has 0 N–H and O–H groups in total. The standard InChI is InChI=1S/C18H19NO2/c1-14-11-16-9-5-6-10-17(16)12-19(14)18(20)21-13-15-7-3-2-4-8-15/h2-10,14H,11-13H2,1H3/t14-/m1/s1. The minimum Gasteiger partial charge on any atom is -0.445 e. The molecule has 2 aromatic carbocycles. The summed E-state index contributed by atoms with van der Waals surface area (Å²) in [5.74, 6) is 0. The SMILES string of the molecule is C[C@@H]1Cc2ccccc2CN1C(=O)OCc1ccccc1. The zero-order valence-corrected chi connectivity index (χ0v) is 12.2. The number of ether oxygens (including phenoxy) is 1. The van der Waals surface area contributed by atoms with Crippen LogP contribution in [0.2, 0.25) is 0 Å². The number of amides is 1. The Morgan fingerprint density at radius 2 is 1.76 bits per heavy atom. The molecule has 0 radical (unpaired) electrons. The highest BCUT2D eigenvalue weighted by Gasteiger charge is 2.27. The Balaban J connectivity index is 1.65. The van der Waals surface area contributed by atoms with Gasteiger partial charge in [0, 0.05) is 12.6 Å². The van der Waals surface area contributed by atoms with Gasteiger partial charge in [-0.1, -0.05) is 54.6 Å². The molecule has 0 spiro atoms. The van der Waals surface area contributed by atoms with E-state index in [1.165, 1.54) is 11.1 Å². The summed E-state index contributed by atoms with van der Waals surface area (Å²) in [6.45, 7) is 3.02. The van der Waals surface area contributed by atoms with Crippen LogP contribution in [0.15, 0.2) is 54.6 Å². The Morgan fingerprint density at radius 3 is 2.52 bits per heavy atom. The number of nitrogens with zero attached hydrogens (tertiary/aromatic N) is 1. The van der Waals surface area contributed by atoms with Gasteiger partial charge in [-0.25, -0.2) is 4.79 Å². The molecule has 0 bridgehead atoms. The van der Waals surface area contributed by atoms with E-state index in [2.05, 4.69) is 25.1 Å². The largest absolute Gasteiger partial charge is 0.445 e. The number of rotatable bonds is 2. The van der Waals surface area contributed by atoms with Gasteiger partial charge in [0.05, 0.1) is 0 Å². The lowest BCUT2D eigenvalue weighted by Gasteiger charge is -2.34. The van der Waals surface area contributed by atoms with Crippen LogP contribution in [0.4, 0.5) is 4.79 Å². The fourth-order valence-corrected chi connectivity index (χ4v) is 2.73. The Bertz CT molecular complexity index is 624. The van der Waals surface area contributed by atoms with Gasteiger partial charge in [0.1, 0.15) is 6.61 Å². The molecule has 1 atom stereocenters. The van der Waals surface area contributed by atoms with Crippen molar-refractivity contribution >= 4 is 6.09 Å². The highest BCUT2D eigenvalue weighted by Crippen LogP contribution is 2.23. The van der Waals surface area contributed by atoms with Crippen LogP contribution in [0.1, 0.15) is 23.6 Å². The third-order valence-electron chi connectivity index (χ3n) is 3.95. The third-order valence-corrected chi connectivity index (χ3v) is 3.95. The van der Waals surface area contributed by atoms with E-state index in [0.717, 1.165) is 12.0 Å². The molecule has 2 aromatic rings. The number of benzene rings is 2. The number of hydrogen-bond donors (Lipinski definition) is 0. The van der Waals surface area contributed by atoms with E-state index in [9.17, 15) is 4.79 Å². The molecule has 0 aromatic heterocycles. The van der Waals surface area contributed by atoms with Crippen molar-refractivity contribution in [2.24, 2.45) is 0 Å². The first kappa shape index (κ1) is 13.7. The Labute approximate surface area is 125 Å². The number of carbonyl (C=O) groups is 1. The van der Waals surface area contributed by atoms with Crippen LogP contribution < -0.4 is 0 Å². The van der Waals surface area contributed by atoms with Gasteiger partial charge in [0.15, 0.2) is 0 Å². The van der Waals surface area contributed by atoms with Gasteiger partial charge in [-0.3, -0.25) is 0 Å². The zero-order valence-electron chi connectivity index (χ0n) is 12.2. The lowest BCUT2D eigenvalue weighted by molar-refractivity contribution is 0.0766. The first-order chi connectivity index (χ1) is 10.2. The van der Waals surface area contributed by atoms with E-state index in [1.54, 1.807) is 0 Å². The van der Waals surface area contributed by atoms with Gasteiger partial charge in [0.25, 0.3) is 0 Å². The summed E-state index contributed by atoms with van der Waals surface area (Å²) in [6, 6.07) is 18.2. The van der Waals surface area contributed by atoms with Crippen molar-refractivity contribution in [3.63, 3.8) is 0 Å². The predicted molar refractivity (Wildman–Crippen MR) is 81.8 cm³/mol. The van der Waals surface area contributed by atoms with E-state index in [1.807, 2.05) is 41.3 Å². The van der Waals surface area contributed by atoms with E-state index < -0.39 is 0 Å². The van der Waals surface area contributed by atoms with E-state index in [0.29, 0.717) is 13.2 Å². The average Bonchev–Trinajstić information content (AvgIpc) is 2.53. The van der Waals surface area contributed by atoms with Crippen molar-refractivity contribution < 1.29 is 9.53 Å².